The molecule has 1 aromatic carbocycles. The molecule has 110 valence electrons. The van der Waals surface area contributed by atoms with Crippen molar-refractivity contribution >= 4 is 17.3 Å². The van der Waals surface area contributed by atoms with E-state index in [9.17, 15) is 9.18 Å². The van der Waals surface area contributed by atoms with Crippen molar-refractivity contribution < 1.29 is 14.3 Å². The van der Waals surface area contributed by atoms with Crippen molar-refractivity contribution in [1.29, 1.82) is 0 Å². The molecular formula is C15H21FN2O2. The normalized spacial score (nSPS) is 26.2. The largest absolute Gasteiger partial charge is 0.478 e. The second kappa shape index (κ2) is 5.69. The summed E-state index contributed by atoms with van der Waals surface area (Å²) in [6.07, 6.45) is 3.26. The topological polar surface area (TPSA) is 75.3 Å². The molecule has 0 heterocycles. The number of aromatic carboxylic acids is 1. The fourth-order valence-electron chi connectivity index (χ4n) is 2.87. The van der Waals surface area contributed by atoms with Crippen LogP contribution in [0, 0.1) is 17.7 Å². The minimum absolute atomic E-state index is 0.0504. The third-order valence-electron chi connectivity index (χ3n) is 4.42. The van der Waals surface area contributed by atoms with E-state index >= 15 is 0 Å². The quantitative estimate of drug-likeness (QED) is 0.742. The highest BCUT2D eigenvalue weighted by molar-refractivity contribution is 5.94. The average molecular weight is 280 g/mol. The van der Waals surface area contributed by atoms with Gasteiger partial charge in [-0.2, -0.15) is 0 Å². The minimum atomic E-state index is -1.14. The van der Waals surface area contributed by atoms with Crippen LogP contribution in [-0.2, 0) is 0 Å². The summed E-state index contributed by atoms with van der Waals surface area (Å²) < 4.78 is 13.9. The maximum absolute atomic E-state index is 13.9. The number of carboxylic acids is 1. The molecule has 4 N–H and O–H groups in total. The number of benzene rings is 1. The summed E-state index contributed by atoms with van der Waals surface area (Å²) in [6, 6.07) is 2.53. The van der Waals surface area contributed by atoms with E-state index in [0.717, 1.165) is 18.9 Å². The number of anilines is 2. The molecule has 0 radical (unpaired) electrons. The lowest BCUT2D eigenvalue weighted by Gasteiger charge is -2.35. The summed E-state index contributed by atoms with van der Waals surface area (Å²) in [7, 11) is 0. The second-order valence-corrected chi connectivity index (χ2v) is 5.74. The highest BCUT2D eigenvalue weighted by Crippen LogP contribution is 2.33. The van der Waals surface area contributed by atoms with Gasteiger partial charge in [0.2, 0.25) is 0 Å². The van der Waals surface area contributed by atoms with Gasteiger partial charge in [0, 0.05) is 11.7 Å². The number of halogens is 1. The van der Waals surface area contributed by atoms with E-state index < -0.39 is 11.8 Å². The molecule has 0 aromatic heterocycles. The molecule has 2 rings (SSSR count). The van der Waals surface area contributed by atoms with Crippen LogP contribution in [0.4, 0.5) is 15.8 Å². The molecule has 0 saturated heterocycles. The Morgan fingerprint density at radius 1 is 1.40 bits per heavy atom. The van der Waals surface area contributed by atoms with Gasteiger partial charge in [0.1, 0.15) is 5.82 Å². The predicted molar refractivity (Wildman–Crippen MR) is 77.4 cm³/mol. The van der Waals surface area contributed by atoms with Crippen LogP contribution in [0.25, 0.3) is 0 Å². The Morgan fingerprint density at radius 3 is 2.75 bits per heavy atom. The Bertz CT molecular complexity index is 519. The first kappa shape index (κ1) is 14.6. The maximum Gasteiger partial charge on any atom is 0.337 e. The fourth-order valence-corrected chi connectivity index (χ4v) is 2.87. The van der Waals surface area contributed by atoms with Crippen molar-refractivity contribution in [3.05, 3.63) is 23.5 Å². The lowest BCUT2D eigenvalue weighted by atomic mass is 9.78. The van der Waals surface area contributed by atoms with Gasteiger partial charge in [0.05, 0.1) is 11.3 Å². The molecule has 1 aliphatic rings. The Balaban J connectivity index is 2.24. The Labute approximate surface area is 118 Å². The van der Waals surface area contributed by atoms with Gasteiger partial charge in [0.15, 0.2) is 0 Å². The maximum atomic E-state index is 13.9. The van der Waals surface area contributed by atoms with Crippen LogP contribution < -0.4 is 11.1 Å². The third kappa shape index (κ3) is 2.86. The van der Waals surface area contributed by atoms with Gasteiger partial charge in [0.25, 0.3) is 0 Å². The Hall–Kier alpha value is -1.78. The molecule has 20 heavy (non-hydrogen) atoms. The molecule has 1 saturated carbocycles. The molecule has 1 fully saturated rings. The van der Waals surface area contributed by atoms with Gasteiger partial charge in [-0.05, 0) is 30.4 Å². The number of nitrogens with one attached hydrogen (secondary N) is 1. The number of rotatable bonds is 3. The lowest BCUT2D eigenvalue weighted by molar-refractivity contribution is 0.0698. The summed E-state index contributed by atoms with van der Waals surface area (Å²) in [5.74, 6) is -0.639. The zero-order valence-electron chi connectivity index (χ0n) is 11.8. The first-order chi connectivity index (χ1) is 9.40. The number of carboxylic acid groups (broad SMARTS) is 1. The summed E-state index contributed by atoms with van der Waals surface area (Å²) in [5.41, 5.74) is 5.63. The van der Waals surface area contributed by atoms with E-state index in [1.54, 1.807) is 0 Å². The molecular weight excluding hydrogens is 259 g/mol. The van der Waals surface area contributed by atoms with Gasteiger partial charge in [-0.3, -0.25) is 0 Å². The van der Waals surface area contributed by atoms with Gasteiger partial charge >= 0.3 is 5.97 Å². The molecule has 4 nitrogen and oxygen atoms in total. The fraction of sp³-hybridized carbons (Fsp3) is 0.533. The number of hydrogen-bond acceptors (Lipinski definition) is 3. The molecule has 0 bridgehead atoms. The highest BCUT2D eigenvalue weighted by Gasteiger charge is 2.27. The minimum Gasteiger partial charge on any atom is -0.478 e. The van der Waals surface area contributed by atoms with Crippen LogP contribution in [0.15, 0.2) is 12.1 Å². The van der Waals surface area contributed by atoms with Crippen molar-refractivity contribution in [2.24, 2.45) is 11.8 Å². The van der Waals surface area contributed by atoms with E-state index in [1.165, 1.54) is 12.5 Å². The van der Waals surface area contributed by atoms with Gasteiger partial charge in [-0.1, -0.05) is 26.7 Å². The molecule has 1 aliphatic carbocycles. The highest BCUT2D eigenvalue weighted by atomic mass is 19.1. The molecule has 1 aromatic rings. The predicted octanol–water partition coefficient (Wildman–Crippen LogP) is 3.34. The SMILES string of the molecule is CC1CCCC(Nc2cc(C(=O)O)c(N)cc2F)C1C. The van der Waals surface area contributed by atoms with Crippen LogP contribution in [0.2, 0.25) is 0 Å². The first-order valence-corrected chi connectivity index (χ1v) is 6.99. The van der Waals surface area contributed by atoms with Crippen molar-refractivity contribution in [2.75, 3.05) is 11.1 Å². The second-order valence-electron chi connectivity index (χ2n) is 5.74. The zero-order chi connectivity index (χ0) is 14.9. The van der Waals surface area contributed by atoms with Crippen LogP contribution in [0.5, 0.6) is 0 Å². The van der Waals surface area contributed by atoms with Crippen LogP contribution in [0.3, 0.4) is 0 Å². The van der Waals surface area contributed by atoms with Crippen molar-refractivity contribution in [3.63, 3.8) is 0 Å². The molecule has 3 unspecified atom stereocenters. The summed E-state index contributed by atoms with van der Waals surface area (Å²) >= 11 is 0. The first-order valence-electron chi connectivity index (χ1n) is 6.99. The summed E-state index contributed by atoms with van der Waals surface area (Å²) in [4.78, 5) is 11.1. The number of carbonyl (C=O) groups is 1. The van der Waals surface area contributed by atoms with E-state index in [2.05, 4.69) is 19.2 Å². The van der Waals surface area contributed by atoms with Crippen LogP contribution in [-0.4, -0.2) is 17.1 Å². The van der Waals surface area contributed by atoms with Crippen molar-refractivity contribution in [3.8, 4) is 0 Å². The molecule has 5 heteroatoms. The lowest BCUT2D eigenvalue weighted by Crippen LogP contribution is -2.35. The summed E-state index contributed by atoms with van der Waals surface area (Å²) in [6.45, 7) is 4.34. The Morgan fingerprint density at radius 2 is 2.10 bits per heavy atom. The van der Waals surface area contributed by atoms with E-state index in [-0.39, 0.29) is 23.0 Å². The molecule has 0 amide bonds. The molecule has 3 atom stereocenters. The van der Waals surface area contributed by atoms with Crippen molar-refractivity contribution in [1.82, 2.24) is 0 Å². The monoisotopic (exact) mass is 280 g/mol. The van der Waals surface area contributed by atoms with E-state index in [1.807, 2.05) is 0 Å². The number of nitrogen functional groups attached to an aromatic ring is 1. The third-order valence-corrected chi connectivity index (χ3v) is 4.42. The van der Waals surface area contributed by atoms with Crippen molar-refractivity contribution in [2.45, 2.75) is 39.2 Å². The smallest absolute Gasteiger partial charge is 0.337 e. The Kier molecular flexibility index (Phi) is 4.16. The van der Waals surface area contributed by atoms with Gasteiger partial charge < -0.3 is 16.2 Å². The van der Waals surface area contributed by atoms with E-state index in [4.69, 9.17) is 10.8 Å². The zero-order valence-corrected chi connectivity index (χ0v) is 11.8. The van der Waals surface area contributed by atoms with E-state index in [0.29, 0.717) is 11.8 Å². The summed E-state index contributed by atoms with van der Waals surface area (Å²) in [5, 5.41) is 12.2. The number of hydrogen-bond donors (Lipinski definition) is 3. The van der Waals surface area contributed by atoms with Gasteiger partial charge in [-0.25, -0.2) is 9.18 Å². The molecule has 0 spiro atoms. The molecule has 0 aliphatic heterocycles. The standard InChI is InChI=1S/C15H21FN2O2/c1-8-4-3-5-13(9(8)2)18-14-6-10(15(19)20)12(17)7-11(14)16/h6-9,13,18H,3-5,17H2,1-2H3,(H,19,20). The number of nitrogens with two attached hydrogens (primary N) is 1. The average Bonchev–Trinajstić information content (AvgIpc) is 2.37. The van der Waals surface area contributed by atoms with Gasteiger partial charge in [-0.15, -0.1) is 0 Å². The van der Waals surface area contributed by atoms with Crippen LogP contribution in [0.1, 0.15) is 43.5 Å². The van der Waals surface area contributed by atoms with Crippen LogP contribution >= 0.6 is 0 Å².